The Kier molecular flexibility index (Phi) is 5.49. The second kappa shape index (κ2) is 9.42. The van der Waals surface area contributed by atoms with Crippen LogP contribution < -0.4 is 5.32 Å². The molecule has 0 atom stereocenters. The lowest BCUT2D eigenvalue weighted by molar-refractivity contribution is 0.568. The summed E-state index contributed by atoms with van der Waals surface area (Å²) in [5, 5.41) is 12.2. The molecular formula is C30H23N7O. The molecule has 0 aliphatic heterocycles. The van der Waals surface area contributed by atoms with Gasteiger partial charge in [0.2, 0.25) is 0 Å². The van der Waals surface area contributed by atoms with Gasteiger partial charge in [-0.25, -0.2) is 9.97 Å². The Labute approximate surface area is 217 Å². The van der Waals surface area contributed by atoms with E-state index in [0.717, 1.165) is 74.5 Å². The van der Waals surface area contributed by atoms with Crippen molar-refractivity contribution in [2.75, 3.05) is 0 Å². The van der Waals surface area contributed by atoms with E-state index in [-0.39, 0.29) is 0 Å². The van der Waals surface area contributed by atoms with E-state index in [1.165, 1.54) is 5.56 Å². The molecule has 0 saturated heterocycles. The molecule has 8 nitrogen and oxygen atoms in total. The zero-order chi connectivity index (χ0) is 25.3. The molecule has 1 aromatic carbocycles. The van der Waals surface area contributed by atoms with E-state index in [4.69, 9.17) is 9.40 Å². The van der Waals surface area contributed by atoms with E-state index in [1.807, 2.05) is 42.7 Å². The molecular weight excluding hydrogens is 474 g/mol. The zero-order valence-electron chi connectivity index (χ0n) is 20.3. The van der Waals surface area contributed by atoms with Crippen LogP contribution in [-0.4, -0.2) is 30.1 Å². The summed E-state index contributed by atoms with van der Waals surface area (Å²) in [5.74, 6) is 0. The SMILES string of the molecule is c1ccc(CNCc2cncc(-c3ccc4[nH]nc(-c5cc6c(-c7ccoc7)ccnc6[nH]5)c4n3)c2)cc1. The molecule has 0 spiro atoms. The van der Waals surface area contributed by atoms with Crippen molar-refractivity contribution in [2.45, 2.75) is 13.1 Å². The lowest BCUT2D eigenvalue weighted by atomic mass is 10.1. The van der Waals surface area contributed by atoms with Gasteiger partial charge < -0.3 is 14.7 Å². The number of aromatic nitrogens is 6. The Morgan fingerprint density at radius 3 is 2.68 bits per heavy atom. The van der Waals surface area contributed by atoms with Gasteiger partial charge in [0.15, 0.2) is 0 Å². The number of furan rings is 1. The van der Waals surface area contributed by atoms with Gasteiger partial charge in [-0.1, -0.05) is 30.3 Å². The highest BCUT2D eigenvalue weighted by molar-refractivity contribution is 5.98. The van der Waals surface area contributed by atoms with Crippen LogP contribution in [0, 0.1) is 0 Å². The normalized spacial score (nSPS) is 11.5. The number of aromatic amines is 2. The molecule has 0 aliphatic rings. The third-order valence-electron chi connectivity index (χ3n) is 6.62. The van der Waals surface area contributed by atoms with Gasteiger partial charge in [-0.2, -0.15) is 5.10 Å². The molecule has 0 aliphatic carbocycles. The van der Waals surface area contributed by atoms with Crippen molar-refractivity contribution >= 4 is 22.1 Å². The summed E-state index contributed by atoms with van der Waals surface area (Å²) in [6.45, 7) is 1.52. The van der Waals surface area contributed by atoms with E-state index >= 15 is 0 Å². The first-order valence-electron chi connectivity index (χ1n) is 12.4. The molecule has 0 fully saturated rings. The van der Waals surface area contributed by atoms with Crippen LogP contribution in [0.3, 0.4) is 0 Å². The predicted octanol–water partition coefficient (Wildman–Crippen LogP) is 6.11. The van der Waals surface area contributed by atoms with Crippen molar-refractivity contribution in [1.29, 1.82) is 0 Å². The van der Waals surface area contributed by atoms with Crippen LogP contribution in [0.1, 0.15) is 11.1 Å². The van der Waals surface area contributed by atoms with E-state index in [9.17, 15) is 0 Å². The fourth-order valence-corrected chi connectivity index (χ4v) is 4.74. The Balaban J connectivity index is 1.20. The van der Waals surface area contributed by atoms with E-state index in [1.54, 1.807) is 18.7 Å². The first-order chi connectivity index (χ1) is 18.8. The number of nitrogens with zero attached hydrogens (tertiary/aromatic N) is 4. The largest absolute Gasteiger partial charge is 0.472 e. The third kappa shape index (κ3) is 4.12. The maximum atomic E-state index is 5.29. The molecule has 0 saturated carbocycles. The minimum atomic E-state index is 0.718. The van der Waals surface area contributed by atoms with Gasteiger partial charge in [0, 0.05) is 48.2 Å². The minimum absolute atomic E-state index is 0.718. The summed E-state index contributed by atoms with van der Waals surface area (Å²) >= 11 is 0. The van der Waals surface area contributed by atoms with Crippen molar-refractivity contribution in [3.05, 3.63) is 109 Å². The second-order valence-electron chi connectivity index (χ2n) is 9.15. The van der Waals surface area contributed by atoms with E-state index < -0.39 is 0 Å². The Morgan fingerprint density at radius 1 is 0.868 bits per heavy atom. The summed E-state index contributed by atoms with van der Waals surface area (Å²) in [6, 6.07) is 22.5. The van der Waals surface area contributed by atoms with Gasteiger partial charge in [0.05, 0.1) is 29.4 Å². The molecule has 0 unspecified atom stereocenters. The van der Waals surface area contributed by atoms with Crippen LogP contribution in [0.4, 0.5) is 0 Å². The minimum Gasteiger partial charge on any atom is -0.472 e. The molecule has 7 rings (SSSR count). The molecule has 3 N–H and O–H groups in total. The molecule has 184 valence electrons. The second-order valence-corrected chi connectivity index (χ2v) is 9.15. The number of H-pyrrole nitrogens is 2. The smallest absolute Gasteiger partial charge is 0.138 e. The maximum absolute atomic E-state index is 5.29. The number of hydrogen-bond donors (Lipinski definition) is 3. The Bertz CT molecular complexity index is 1850. The summed E-state index contributed by atoms with van der Waals surface area (Å²) in [6.07, 6.45) is 8.93. The lowest BCUT2D eigenvalue weighted by Gasteiger charge is -2.07. The molecule has 8 heteroatoms. The van der Waals surface area contributed by atoms with Crippen molar-refractivity contribution in [2.24, 2.45) is 0 Å². The Morgan fingerprint density at radius 2 is 1.79 bits per heavy atom. The monoisotopic (exact) mass is 497 g/mol. The van der Waals surface area contributed by atoms with Crippen molar-refractivity contribution < 1.29 is 4.42 Å². The van der Waals surface area contributed by atoms with Crippen LogP contribution >= 0.6 is 0 Å². The highest BCUT2D eigenvalue weighted by atomic mass is 16.3. The molecule has 0 amide bonds. The molecule has 38 heavy (non-hydrogen) atoms. The average Bonchev–Trinajstić information content (AvgIpc) is 3.73. The number of benzene rings is 1. The van der Waals surface area contributed by atoms with Crippen LogP contribution in [0.25, 0.3) is 55.8 Å². The van der Waals surface area contributed by atoms with Crippen LogP contribution in [0.15, 0.2) is 102 Å². The fourth-order valence-electron chi connectivity index (χ4n) is 4.74. The topological polar surface area (TPSA) is 108 Å². The quantitative estimate of drug-likeness (QED) is 0.245. The summed E-state index contributed by atoms with van der Waals surface area (Å²) < 4.78 is 5.29. The first-order valence-corrected chi connectivity index (χ1v) is 12.4. The fraction of sp³-hybridized carbons (Fsp3) is 0.0667. The molecule has 6 aromatic heterocycles. The third-order valence-corrected chi connectivity index (χ3v) is 6.62. The zero-order valence-corrected chi connectivity index (χ0v) is 20.3. The van der Waals surface area contributed by atoms with Gasteiger partial charge >= 0.3 is 0 Å². The number of fused-ring (bicyclic) bond motifs is 2. The molecule has 7 aromatic rings. The summed E-state index contributed by atoms with van der Waals surface area (Å²) in [7, 11) is 0. The highest BCUT2D eigenvalue weighted by Crippen LogP contribution is 2.33. The Hall–Kier alpha value is -5.08. The molecule has 0 bridgehead atoms. The summed E-state index contributed by atoms with van der Waals surface area (Å²) in [5.41, 5.74) is 10.2. The maximum Gasteiger partial charge on any atom is 0.138 e. The number of rotatable bonds is 7. The van der Waals surface area contributed by atoms with Gasteiger partial charge in [-0.15, -0.1) is 0 Å². The highest BCUT2D eigenvalue weighted by Gasteiger charge is 2.16. The number of nitrogens with one attached hydrogen (secondary N) is 3. The number of hydrogen-bond acceptors (Lipinski definition) is 6. The van der Waals surface area contributed by atoms with Crippen LogP contribution in [0.2, 0.25) is 0 Å². The van der Waals surface area contributed by atoms with Crippen molar-refractivity contribution in [3.63, 3.8) is 0 Å². The van der Waals surface area contributed by atoms with Crippen molar-refractivity contribution in [3.8, 4) is 33.8 Å². The molecule has 6 heterocycles. The van der Waals surface area contributed by atoms with Gasteiger partial charge in [0.1, 0.15) is 16.9 Å². The van der Waals surface area contributed by atoms with Gasteiger partial charge in [-0.3, -0.25) is 10.1 Å². The first kappa shape index (κ1) is 22.1. The van der Waals surface area contributed by atoms with Gasteiger partial charge in [0.25, 0.3) is 0 Å². The lowest BCUT2D eigenvalue weighted by Crippen LogP contribution is -2.12. The molecule has 0 radical (unpaired) electrons. The van der Waals surface area contributed by atoms with Crippen molar-refractivity contribution in [1.82, 2.24) is 35.5 Å². The van der Waals surface area contributed by atoms with Crippen LogP contribution in [-0.2, 0) is 13.1 Å². The van der Waals surface area contributed by atoms with E-state index in [0.29, 0.717) is 0 Å². The predicted molar refractivity (Wildman–Crippen MR) is 147 cm³/mol. The number of pyridine rings is 3. The van der Waals surface area contributed by atoms with E-state index in [2.05, 4.69) is 66.9 Å². The standard InChI is InChI=1S/C30H23N7O/c1-2-4-19(5-3-1)14-31-15-20-12-22(17-32-16-20)25-6-7-26-28(34-25)29(37-36-26)27-13-24-23(21-9-11-38-18-21)8-10-33-30(24)35-27/h1-13,16-18,31H,14-15H2,(H,33,35)(H,36,37). The average molecular weight is 498 g/mol. The van der Waals surface area contributed by atoms with Gasteiger partial charge in [-0.05, 0) is 53.1 Å². The van der Waals surface area contributed by atoms with Crippen LogP contribution in [0.5, 0.6) is 0 Å². The summed E-state index contributed by atoms with van der Waals surface area (Å²) in [4.78, 5) is 17.4.